The van der Waals surface area contributed by atoms with E-state index in [0.717, 1.165) is 45.1 Å². The number of carboxylic acid groups (broad SMARTS) is 1. The number of amides is 2. The van der Waals surface area contributed by atoms with Crippen LogP contribution in [0.5, 0.6) is 0 Å². The zero-order valence-corrected chi connectivity index (χ0v) is 12.8. The van der Waals surface area contributed by atoms with Crippen LogP contribution in [0.15, 0.2) is 0 Å². The van der Waals surface area contributed by atoms with Crippen LogP contribution < -0.4 is 0 Å². The predicted octanol–water partition coefficient (Wildman–Crippen LogP) is 2.70. The Bertz CT molecular complexity index is 426. The van der Waals surface area contributed by atoms with Crippen molar-refractivity contribution in [1.29, 1.82) is 0 Å². The van der Waals surface area contributed by atoms with E-state index in [-0.39, 0.29) is 18.1 Å². The Morgan fingerprint density at radius 3 is 2.43 bits per heavy atom. The van der Waals surface area contributed by atoms with Gasteiger partial charge in [0.25, 0.3) is 0 Å². The fourth-order valence-electron chi connectivity index (χ4n) is 4.52. The van der Waals surface area contributed by atoms with E-state index in [2.05, 4.69) is 6.92 Å². The van der Waals surface area contributed by atoms with Gasteiger partial charge in [-0.25, -0.2) is 9.59 Å². The summed E-state index contributed by atoms with van der Waals surface area (Å²) in [5.74, 6) is -0.324. The highest BCUT2D eigenvalue weighted by atomic mass is 16.4. The topological polar surface area (TPSA) is 60.9 Å². The molecule has 2 saturated heterocycles. The standard InChI is InChI=1S/C16H26N2O3/c1-11-5-4-10-17(11)16(21)18-13-7-3-2-6-12(13)8-9-14(18)15(19)20/h11-14H,2-10H2,1H3,(H,19,20). The number of hydrogen-bond donors (Lipinski definition) is 1. The molecule has 1 N–H and O–H groups in total. The molecule has 4 unspecified atom stereocenters. The summed E-state index contributed by atoms with van der Waals surface area (Å²) in [6, 6.07) is -0.251. The molecule has 0 aromatic rings. The smallest absolute Gasteiger partial charge is 0.326 e. The fourth-order valence-corrected chi connectivity index (χ4v) is 4.52. The summed E-state index contributed by atoms with van der Waals surface area (Å²) in [6.45, 7) is 2.85. The molecule has 2 aliphatic heterocycles. The van der Waals surface area contributed by atoms with Crippen molar-refractivity contribution in [3.8, 4) is 0 Å². The monoisotopic (exact) mass is 294 g/mol. The highest BCUT2D eigenvalue weighted by Crippen LogP contribution is 2.39. The summed E-state index contributed by atoms with van der Waals surface area (Å²) >= 11 is 0. The molecule has 0 aromatic carbocycles. The van der Waals surface area contributed by atoms with Crippen molar-refractivity contribution in [3.63, 3.8) is 0 Å². The van der Waals surface area contributed by atoms with Crippen LogP contribution in [0.2, 0.25) is 0 Å². The Morgan fingerprint density at radius 1 is 1.00 bits per heavy atom. The Labute approximate surface area is 126 Å². The molecule has 2 heterocycles. The fraction of sp³-hybridized carbons (Fsp3) is 0.875. The van der Waals surface area contributed by atoms with Crippen LogP contribution in [0.3, 0.4) is 0 Å². The van der Waals surface area contributed by atoms with Crippen molar-refractivity contribution in [1.82, 2.24) is 9.80 Å². The summed E-state index contributed by atoms with van der Waals surface area (Å²) in [4.78, 5) is 28.2. The van der Waals surface area contributed by atoms with Gasteiger partial charge in [-0.15, -0.1) is 0 Å². The SMILES string of the molecule is CC1CCCN1C(=O)N1C(C(=O)O)CCC2CCCCC21. The molecule has 5 nitrogen and oxygen atoms in total. The van der Waals surface area contributed by atoms with Gasteiger partial charge in [-0.2, -0.15) is 0 Å². The molecular formula is C16H26N2O3. The number of nitrogens with zero attached hydrogens (tertiary/aromatic N) is 2. The molecule has 3 aliphatic rings. The third kappa shape index (κ3) is 2.62. The normalized spacial score (nSPS) is 36.4. The quantitative estimate of drug-likeness (QED) is 0.809. The summed E-state index contributed by atoms with van der Waals surface area (Å²) in [6.07, 6.45) is 8.11. The molecule has 3 rings (SSSR count). The van der Waals surface area contributed by atoms with Crippen molar-refractivity contribution < 1.29 is 14.7 Å². The highest BCUT2D eigenvalue weighted by Gasteiger charge is 2.46. The van der Waals surface area contributed by atoms with Crippen LogP contribution in [0, 0.1) is 5.92 Å². The molecule has 1 saturated carbocycles. The minimum Gasteiger partial charge on any atom is -0.480 e. The van der Waals surface area contributed by atoms with Gasteiger partial charge in [0, 0.05) is 18.6 Å². The van der Waals surface area contributed by atoms with Gasteiger partial charge in [-0.05, 0) is 51.4 Å². The van der Waals surface area contributed by atoms with Crippen molar-refractivity contribution >= 4 is 12.0 Å². The molecule has 1 aliphatic carbocycles. The maximum atomic E-state index is 13.0. The Kier molecular flexibility index (Phi) is 4.09. The van der Waals surface area contributed by atoms with Crippen LogP contribution in [0.4, 0.5) is 4.79 Å². The summed E-state index contributed by atoms with van der Waals surface area (Å²) in [7, 11) is 0. The van der Waals surface area contributed by atoms with Crippen molar-refractivity contribution in [2.45, 2.75) is 76.4 Å². The number of carbonyl (C=O) groups is 2. The van der Waals surface area contributed by atoms with E-state index in [1.807, 2.05) is 4.90 Å². The average molecular weight is 294 g/mol. The van der Waals surface area contributed by atoms with Gasteiger partial charge < -0.3 is 14.9 Å². The van der Waals surface area contributed by atoms with E-state index < -0.39 is 12.0 Å². The molecule has 118 valence electrons. The van der Waals surface area contributed by atoms with Gasteiger partial charge in [-0.1, -0.05) is 12.8 Å². The maximum absolute atomic E-state index is 13.0. The van der Waals surface area contributed by atoms with Crippen LogP contribution in [0.1, 0.15) is 58.3 Å². The van der Waals surface area contributed by atoms with Gasteiger partial charge in [0.15, 0.2) is 0 Å². The molecule has 5 heteroatoms. The maximum Gasteiger partial charge on any atom is 0.326 e. The molecule has 0 aromatic heterocycles. The van der Waals surface area contributed by atoms with E-state index in [1.165, 1.54) is 6.42 Å². The van der Waals surface area contributed by atoms with Gasteiger partial charge in [0.05, 0.1) is 0 Å². The van der Waals surface area contributed by atoms with E-state index in [1.54, 1.807) is 4.90 Å². The van der Waals surface area contributed by atoms with Gasteiger partial charge in [0.1, 0.15) is 6.04 Å². The van der Waals surface area contributed by atoms with Gasteiger partial charge in [0.2, 0.25) is 0 Å². The molecule has 4 atom stereocenters. The molecule has 3 fully saturated rings. The second kappa shape index (κ2) is 5.85. The second-order valence-corrected chi connectivity index (χ2v) is 6.92. The number of rotatable bonds is 1. The number of likely N-dealkylation sites (tertiary alicyclic amines) is 2. The number of carbonyl (C=O) groups excluding carboxylic acids is 1. The van der Waals surface area contributed by atoms with Crippen LogP contribution >= 0.6 is 0 Å². The molecule has 0 spiro atoms. The predicted molar refractivity (Wildman–Crippen MR) is 79.0 cm³/mol. The molecular weight excluding hydrogens is 268 g/mol. The third-order valence-electron chi connectivity index (χ3n) is 5.68. The lowest BCUT2D eigenvalue weighted by Crippen LogP contribution is -2.61. The number of urea groups is 1. The summed E-state index contributed by atoms with van der Waals surface area (Å²) in [5.41, 5.74) is 0. The van der Waals surface area contributed by atoms with Crippen LogP contribution in [0.25, 0.3) is 0 Å². The molecule has 0 bridgehead atoms. The number of carboxylic acids is 1. The van der Waals surface area contributed by atoms with Crippen molar-refractivity contribution in [3.05, 3.63) is 0 Å². The first-order valence-electron chi connectivity index (χ1n) is 8.41. The first-order valence-corrected chi connectivity index (χ1v) is 8.41. The van der Waals surface area contributed by atoms with Crippen LogP contribution in [-0.2, 0) is 4.79 Å². The number of aliphatic carboxylic acids is 1. The van der Waals surface area contributed by atoms with Gasteiger partial charge in [-0.3, -0.25) is 0 Å². The van der Waals surface area contributed by atoms with E-state index in [9.17, 15) is 14.7 Å². The Morgan fingerprint density at radius 2 is 1.76 bits per heavy atom. The van der Waals surface area contributed by atoms with E-state index >= 15 is 0 Å². The Hall–Kier alpha value is -1.26. The summed E-state index contributed by atoms with van der Waals surface area (Å²) < 4.78 is 0. The average Bonchev–Trinajstić information content (AvgIpc) is 2.91. The van der Waals surface area contributed by atoms with Crippen LogP contribution in [-0.4, -0.2) is 51.6 Å². The van der Waals surface area contributed by atoms with E-state index in [4.69, 9.17) is 0 Å². The molecule has 0 radical (unpaired) electrons. The minimum absolute atomic E-state index is 0.0241. The lowest BCUT2D eigenvalue weighted by atomic mass is 9.76. The van der Waals surface area contributed by atoms with Crippen molar-refractivity contribution in [2.75, 3.05) is 6.54 Å². The second-order valence-electron chi connectivity index (χ2n) is 6.92. The lowest BCUT2D eigenvalue weighted by Gasteiger charge is -2.48. The molecule has 21 heavy (non-hydrogen) atoms. The van der Waals surface area contributed by atoms with E-state index in [0.29, 0.717) is 12.3 Å². The lowest BCUT2D eigenvalue weighted by molar-refractivity contribution is -0.146. The third-order valence-corrected chi connectivity index (χ3v) is 5.68. The minimum atomic E-state index is -0.834. The highest BCUT2D eigenvalue weighted by molar-refractivity contribution is 5.83. The first kappa shape index (κ1) is 14.7. The summed E-state index contributed by atoms with van der Waals surface area (Å²) in [5, 5.41) is 9.54. The number of hydrogen-bond acceptors (Lipinski definition) is 2. The zero-order chi connectivity index (χ0) is 15.0. The molecule has 2 amide bonds. The first-order chi connectivity index (χ1) is 10.1. The number of piperidine rings is 1. The van der Waals surface area contributed by atoms with Gasteiger partial charge >= 0.3 is 12.0 Å². The number of fused-ring (bicyclic) bond motifs is 1. The zero-order valence-electron chi connectivity index (χ0n) is 12.8. The Balaban J connectivity index is 1.85. The van der Waals surface area contributed by atoms with Crippen molar-refractivity contribution in [2.24, 2.45) is 5.92 Å². The largest absolute Gasteiger partial charge is 0.480 e.